The first kappa shape index (κ1) is 19.3. The molecule has 21 heavy (non-hydrogen) atoms. The number of carbonyl (C=O) groups is 2. The Bertz CT molecular complexity index is 413. The van der Waals surface area contributed by atoms with Crippen LogP contribution in [0.25, 0.3) is 0 Å². The number of aliphatic carboxylic acids is 1. The number of carbonyl (C=O) groups excluding carboxylic acids is 1. The van der Waals surface area contributed by atoms with Crippen molar-refractivity contribution in [1.82, 2.24) is 5.32 Å². The van der Waals surface area contributed by atoms with Crippen LogP contribution in [0, 0.1) is 0 Å². The minimum atomic E-state index is -6.79. The van der Waals surface area contributed by atoms with Crippen LogP contribution in [0.15, 0.2) is 0 Å². The quantitative estimate of drug-likeness (QED) is 0.599. The Balaban J connectivity index is 5.45. The van der Waals surface area contributed by atoms with Gasteiger partial charge in [0.15, 0.2) is 6.04 Å². The number of halogens is 8. The molecule has 0 spiro atoms. The van der Waals surface area contributed by atoms with Crippen molar-refractivity contribution < 1.29 is 54.9 Å². The molecule has 0 aromatic carbocycles. The third-order valence-corrected chi connectivity index (χ3v) is 2.16. The first-order chi connectivity index (χ1) is 9.23. The topological polar surface area (TPSA) is 86.6 Å². The van der Waals surface area contributed by atoms with Crippen LogP contribution in [0.4, 0.5) is 35.1 Å². The fraction of sp³-hybridized carbons (Fsp3) is 0.750. The summed E-state index contributed by atoms with van der Waals surface area (Å²) in [7, 11) is 0. The van der Waals surface area contributed by atoms with Crippen LogP contribution in [0.3, 0.4) is 0 Å². The highest BCUT2D eigenvalue weighted by atomic mass is 19.4. The van der Waals surface area contributed by atoms with E-state index in [9.17, 15) is 44.7 Å². The first-order valence-electron chi connectivity index (χ1n) is 4.79. The molecule has 0 radical (unpaired) electrons. The van der Waals surface area contributed by atoms with Gasteiger partial charge in [-0.2, -0.15) is 26.3 Å². The lowest BCUT2D eigenvalue weighted by Crippen LogP contribution is -2.64. The van der Waals surface area contributed by atoms with E-state index in [1.807, 2.05) is 0 Å². The lowest BCUT2D eigenvalue weighted by Gasteiger charge is -2.31. The Morgan fingerprint density at radius 1 is 1.05 bits per heavy atom. The van der Waals surface area contributed by atoms with E-state index in [0.717, 1.165) is 0 Å². The summed E-state index contributed by atoms with van der Waals surface area (Å²) in [5.41, 5.74) is 0. The van der Waals surface area contributed by atoms with Crippen LogP contribution in [-0.4, -0.2) is 58.9 Å². The summed E-state index contributed by atoms with van der Waals surface area (Å²) in [6, 6.07) is -2.51. The van der Waals surface area contributed by atoms with Crippen molar-refractivity contribution in [2.75, 3.05) is 6.61 Å². The Kier molecular flexibility index (Phi) is 5.52. The molecule has 0 aliphatic carbocycles. The third-order valence-electron chi connectivity index (χ3n) is 2.16. The predicted octanol–water partition coefficient (Wildman–Crippen LogP) is 0.719. The summed E-state index contributed by atoms with van der Waals surface area (Å²) in [4.78, 5) is 21.0. The summed E-state index contributed by atoms with van der Waals surface area (Å²) in [5, 5.41) is 17.3. The maximum absolute atomic E-state index is 13.0. The molecule has 1 amide bonds. The summed E-state index contributed by atoms with van der Waals surface area (Å²) >= 11 is 0. The lowest BCUT2D eigenvalue weighted by atomic mass is 10.0. The second-order valence-corrected chi connectivity index (χ2v) is 3.62. The van der Waals surface area contributed by atoms with Crippen molar-refractivity contribution in [3.8, 4) is 0 Å². The largest absolute Gasteiger partial charge is 0.480 e. The zero-order chi connectivity index (χ0) is 17.2. The Hall–Kier alpha value is -1.66. The molecule has 0 bridgehead atoms. The third kappa shape index (κ3) is 3.33. The lowest BCUT2D eigenvalue weighted by molar-refractivity contribution is -0.327. The average molecular weight is 333 g/mol. The van der Waals surface area contributed by atoms with Crippen molar-refractivity contribution >= 4 is 11.9 Å². The number of aliphatic hydroxyl groups is 1. The minimum absolute atomic E-state index is 0.627. The van der Waals surface area contributed by atoms with Crippen LogP contribution < -0.4 is 5.32 Å². The molecule has 0 fully saturated rings. The molecule has 0 aromatic heterocycles. The first-order valence-corrected chi connectivity index (χ1v) is 4.79. The molecule has 0 saturated carbocycles. The van der Waals surface area contributed by atoms with Gasteiger partial charge in [0.2, 0.25) is 0 Å². The molecular weight excluding hydrogens is 326 g/mol. The molecule has 0 rings (SSSR count). The molecule has 124 valence electrons. The number of nitrogens with one attached hydrogen (secondary N) is 1. The zero-order valence-corrected chi connectivity index (χ0v) is 9.60. The van der Waals surface area contributed by atoms with Crippen LogP contribution in [0.5, 0.6) is 0 Å². The van der Waals surface area contributed by atoms with E-state index in [0.29, 0.717) is 5.32 Å². The van der Waals surface area contributed by atoms with Crippen molar-refractivity contribution in [2.24, 2.45) is 0 Å². The standard InChI is InChI=1S/C8H7F8NO4/c9-4(10)6(11,12)8(15,16)7(13,14)5(21)17-2(1-18)3(19)20/h2,4,18H,1H2,(H,17,21)(H,19,20). The maximum atomic E-state index is 13.0. The highest BCUT2D eigenvalue weighted by Gasteiger charge is 2.78. The van der Waals surface area contributed by atoms with Crippen molar-refractivity contribution in [3.63, 3.8) is 0 Å². The summed E-state index contributed by atoms with van der Waals surface area (Å²) in [6.45, 7) is -1.53. The molecule has 0 heterocycles. The van der Waals surface area contributed by atoms with Crippen LogP contribution >= 0.6 is 0 Å². The van der Waals surface area contributed by atoms with Crippen LogP contribution in [-0.2, 0) is 9.59 Å². The Morgan fingerprint density at radius 2 is 1.48 bits per heavy atom. The number of hydrogen-bond donors (Lipinski definition) is 3. The number of rotatable bonds is 7. The monoisotopic (exact) mass is 333 g/mol. The van der Waals surface area contributed by atoms with Gasteiger partial charge in [0.25, 0.3) is 5.91 Å². The summed E-state index contributed by atoms with van der Waals surface area (Å²) in [6.07, 6.45) is -5.21. The minimum Gasteiger partial charge on any atom is -0.480 e. The molecule has 0 aromatic rings. The predicted molar refractivity (Wildman–Crippen MR) is 47.5 cm³/mol. The second kappa shape index (κ2) is 5.99. The second-order valence-electron chi connectivity index (χ2n) is 3.62. The Morgan fingerprint density at radius 3 is 1.76 bits per heavy atom. The van der Waals surface area contributed by atoms with E-state index in [4.69, 9.17) is 10.2 Å². The van der Waals surface area contributed by atoms with Gasteiger partial charge in [0, 0.05) is 0 Å². The SMILES string of the molecule is O=C(O)C(CO)NC(=O)C(F)(F)C(F)(F)C(F)(F)C(F)F. The van der Waals surface area contributed by atoms with Gasteiger partial charge in [-0.25, -0.2) is 13.6 Å². The van der Waals surface area contributed by atoms with Gasteiger partial charge < -0.3 is 15.5 Å². The smallest absolute Gasteiger partial charge is 0.392 e. The van der Waals surface area contributed by atoms with Gasteiger partial charge in [-0.15, -0.1) is 0 Å². The normalized spacial score (nSPS) is 15.0. The number of hydrogen-bond acceptors (Lipinski definition) is 3. The summed E-state index contributed by atoms with van der Waals surface area (Å²) in [5.74, 6) is -25.1. The molecular formula is C8H7F8NO4. The number of carboxylic acid groups (broad SMARTS) is 1. The average Bonchev–Trinajstić information content (AvgIpc) is 2.34. The fourth-order valence-electron chi connectivity index (χ4n) is 0.923. The molecule has 0 aliphatic rings. The molecule has 0 saturated heterocycles. The van der Waals surface area contributed by atoms with E-state index in [1.54, 1.807) is 0 Å². The van der Waals surface area contributed by atoms with Gasteiger partial charge in [0.05, 0.1) is 6.61 Å². The van der Waals surface area contributed by atoms with Gasteiger partial charge in [0.1, 0.15) is 0 Å². The van der Waals surface area contributed by atoms with Crippen LogP contribution in [0.2, 0.25) is 0 Å². The van der Waals surface area contributed by atoms with Crippen molar-refractivity contribution in [2.45, 2.75) is 30.2 Å². The molecule has 0 aliphatic heterocycles. The number of carboxylic acids is 1. The van der Waals surface area contributed by atoms with Gasteiger partial charge >= 0.3 is 30.2 Å². The van der Waals surface area contributed by atoms with Crippen molar-refractivity contribution in [1.29, 1.82) is 0 Å². The van der Waals surface area contributed by atoms with E-state index < -0.39 is 48.7 Å². The summed E-state index contributed by atoms with van der Waals surface area (Å²) < 4.78 is 99.8. The highest BCUT2D eigenvalue weighted by molar-refractivity contribution is 5.89. The Labute approximate surface area is 110 Å². The van der Waals surface area contributed by atoms with Crippen molar-refractivity contribution in [3.05, 3.63) is 0 Å². The molecule has 3 N–H and O–H groups in total. The number of alkyl halides is 8. The molecule has 5 nitrogen and oxygen atoms in total. The van der Waals surface area contributed by atoms with E-state index in [-0.39, 0.29) is 0 Å². The highest BCUT2D eigenvalue weighted by Crippen LogP contribution is 2.48. The van der Waals surface area contributed by atoms with E-state index in [1.165, 1.54) is 0 Å². The number of aliphatic hydroxyl groups excluding tert-OH is 1. The molecule has 13 heteroatoms. The molecule has 1 unspecified atom stereocenters. The van der Waals surface area contributed by atoms with Gasteiger partial charge in [-0.1, -0.05) is 0 Å². The van der Waals surface area contributed by atoms with Gasteiger partial charge in [-0.3, -0.25) is 4.79 Å². The van der Waals surface area contributed by atoms with E-state index in [2.05, 4.69) is 0 Å². The van der Waals surface area contributed by atoms with Crippen LogP contribution in [0.1, 0.15) is 0 Å². The number of amides is 1. The van der Waals surface area contributed by atoms with E-state index >= 15 is 0 Å². The maximum Gasteiger partial charge on any atom is 0.392 e. The zero-order valence-electron chi connectivity index (χ0n) is 9.60. The van der Waals surface area contributed by atoms with Gasteiger partial charge in [-0.05, 0) is 0 Å². The fourth-order valence-corrected chi connectivity index (χ4v) is 0.923. The molecule has 1 atom stereocenters.